The van der Waals surface area contributed by atoms with Crippen molar-refractivity contribution < 1.29 is 23.1 Å². The van der Waals surface area contributed by atoms with E-state index < -0.39 is 22.0 Å². The number of carboxylic acid groups (broad SMARTS) is 1. The Hall–Kier alpha value is -3.40. The lowest BCUT2D eigenvalue weighted by atomic mass is 10.1. The van der Waals surface area contributed by atoms with Crippen molar-refractivity contribution in [1.29, 1.82) is 0 Å². The van der Waals surface area contributed by atoms with E-state index >= 15 is 0 Å². The predicted octanol–water partition coefficient (Wildman–Crippen LogP) is 3.46. The summed E-state index contributed by atoms with van der Waals surface area (Å²) in [4.78, 5) is 25.5. The zero-order chi connectivity index (χ0) is 24.1. The number of aliphatic carboxylic acids is 1. The Balaban J connectivity index is 1.71. The molecule has 2 rings (SSSR count). The summed E-state index contributed by atoms with van der Waals surface area (Å²) in [5.74, 6) is -1.44. The van der Waals surface area contributed by atoms with Crippen LogP contribution in [0.2, 0.25) is 0 Å². The minimum atomic E-state index is -3.62. The Morgan fingerprint density at radius 2 is 1.67 bits per heavy atom. The first-order valence-electron chi connectivity index (χ1n) is 10.5. The molecule has 1 atom stereocenters. The number of rotatable bonds is 14. The molecule has 33 heavy (non-hydrogen) atoms. The number of hydrogen-bond donors (Lipinski definition) is 3. The summed E-state index contributed by atoms with van der Waals surface area (Å²) in [6.07, 6.45) is 1.51. The van der Waals surface area contributed by atoms with Crippen LogP contribution >= 0.6 is 0 Å². The van der Waals surface area contributed by atoms with Crippen molar-refractivity contribution in [2.24, 2.45) is 5.11 Å². The van der Waals surface area contributed by atoms with Gasteiger partial charge < -0.3 is 10.4 Å². The lowest BCUT2D eigenvalue weighted by Crippen LogP contribution is -2.38. The van der Waals surface area contributed by atoms with Crippen molar-refractivity contribution in [3.8, 4) is 11.1 Å². The van der Waals surface area contributed by atoms with Crippen LogP contribution in [0.15, 0.2) is 64.6 Å². The number of hydrogen-bond acceptors (Lipinski definition) is 5. The molecule has 0 aliphatic rings. The summed E-state index contributed by atoms with van der Waals surface area (Å²) in [6.45, 7) is 0.103. The summed E-state index contributed by atoms with van der Waals surface area (Å²) in [5, 5.41) is 14.7. The first-order chi connectivity index (χ1) is 15.8. The topological polar surface area (TPSA) is 161 Å². The minimum absolute atomic E-state index is 0.136. The second-order valence-corrected chi connectivity index (χ2v) is 9.14. The average Bonchev–Trinajstić information content (AvgIpc) is 2.80. The van der Waals surface area contributed by atoms with E-state index in [2.05, 4.69) is 20.1 Å². The molecular weight excluding hydrogens is 446 g/mol. The minimum Gasteiger partial charge on any atom is -0.481 e. The van der Waals surface area contributed by atoms with Gasteiger partial charge in [0.15, 0.2) is 0 Å². The van der Waals surface area contributed by atoms with E-state index in [1.807, 2.05) is 30.3 Å². The number of nitrogens with zero attached hydrogens (tertiary/aromatic N) is 3. The van der Waals surface area contributed by atoms with Gasteiger partial charge in [0, 0.05) is 30.5 Å². The fraction of sp³-hybridized carbons (Fsp3) is 0.364. The number of sulfonamides is 1. The first kappa shape index (κ1) is 25.9. The second-order valence-electron chi connectivity index (χ2n) is 7.37. The quantitative estimate of drug-likeness (QED) is 0.165. The third-order valence-corrected chi connectivity index (χ3v) is 6.27. The SMILES string of the molecule is [N-]=[N+]=NC[C@H](CC(=O)O)NC(=O)CCCCCNS(=O)(=O)c1ccc(-c2ccccc2)cc1. The highest BCUT2D eigenvalue weighted by Gasteiger charge is 2.16. The Kier molecular flexibility index (Phi) is 10.4. The molecule has 2 aromatic rings. The van der Waals surface area contributed by atoms with Crippen molar-refractivity contribution in [2.75, 3.05) is 13.1 Å². The molecular formula is C22H27N5O5S. The van der Waals surface area contributed by atoms with Crippen molar-refractivity contribution in [2.45, 2.75) is 43.0 Å². The monoisotopic (exact) mass is 473 g/mol. The molecule has 1 amide bonds. The van der Waals surface area contributed by atoms with Crippen molar-refractivity contribution in [3.63, 3.8) is 0 Å². The number of carbonyl (C=O) groups is 2. The van der Waals surface area contributed by atoms with Gasteiger partial charge in [0.25, 0.3) is 0 Å². The zero-order valence-electron chi connectivity index (χ0n) is 18.1. The highest BCUT2D eigenvalue weighted by molar-refractivity contribution is 7.89. The first-order valence-corrected chi connectivity index (χ1v) is 12.0. The highest BCUT2D eigenvalue weighted by Crippen LogP contribution is 2.20. The summed E-state index contributed by atoms with van der Waals surface area (Å²) in [7, 11) is -3.62. The third-order valence-electron chi connectivity index (χ3n) is 4.80. The van der Waals surface area contributed by atoms with Crippen molar-refractivity contribution in [1.82, 2.24) is 10.0 Å². The lowest BCUT2D eigenvalue weighted by molar-refractivity contribution is -0.137. The molecule has 0 fully saturated rings. The second kappa shape index (κ2) is 13.2. The molecule has 11 heteroatoms. The molecule has 0 radical (unpaired) electrons. The molecule has 0 spiro atoms. The number of nitrogens with one attached hydrogen (secondary N) is 2. The molecule has 0 bridgehead atoms. The van der Waals surface area contributed by atoms with Crippen LogP contribution in [0, 0.1) is 0 Å². The Morgan fingerprint density at radius 3 is 2.30 bits per heavy atom. The Bertz CT molecular complexity index is 1060. The molecule has 0 saturated heterocycles. The average molecular weight is 474 g/mol. The molecule has 0 aromatic heterocycles. The molecule has 3 N–H and O–H groups in total. The van der Waals surface area contributed by atoms with Crippen LogP contribution in [0.3, 0.4) is 0 Å². The standard InChI is InChI=1S/C22H27N5O5S/c23-27-24-16-19(15-22(29)30)26-21(28)9-5-2-6-14-25-33(31,32)20-12-10-18(11-13-20)17-7-3-1-4-8-17/h1,3-4,7-8,10-13,19,25H,2,5-6,9,14-16H2,(H,26,28)(H,29,30)/t19-/m0/s1. The van der Waals surface area contributed by atoms with Crippen LogP contribution in [-0.4, -0.2) is 44.5 Å². The Morgan fingerprint density at radius 1 is 1.00 bits per heavy atom. The van der Waals surface area contributed by atoms with E-state index in [-0.39, 0.29) is 36.7 Å². The number of azide groups is 1. The molecule has 0 aliphatic heterocycles. The smallest absolute Gasteiger partial charge is 0.305 e. The number of benzene rings is 2. The van der Waals surface area contributed by atoms with Crippen molar-refractivity contribution in [3.05, 3.63) is 65.0 Å². The maximum Gasteiger partial charge on any atom is 0.305 e. The van der Waals surface area contributed by atoms with Gasteiger partial charge in [-0.15, -0.1) is 0 Å². The van der Waals surface area contributed by atoms with Gasteiger partial charge in [0.1, 0.15) is 0 Å². The molecule has 176 valence electrons. The van der Waals surface area contributed by atoms with Gasteiger partial charge in [0.2, 0.25) is 15.9 Å². The molecule has 0 heterocycles. The molecule has 0 unspecified atom stereocenters. The van der Waals surface area contributed by atoms with Gasteiger partial charge in [-0.2, -0.15) is 0 Å². The summed E-state index contributed by atoms with van der Waals surface area (Å²) >= 11 is 0. The van der Waals surface area contributed by atoms with Gasteiger partial charge in [-0.1, -0.05) is 54.0 Å². The van der Waals surface area contributed by atoms with Crippen LogP contribution < -0.4 is 10.0 Å². The van der Waals surface area contributed by atoms with E-state index in [4.69, 9.17) is 10.6 Å². The van der Waals surface area contributed by atoms with E-state index in [1.54, 1.807) is 24.3 Å². The van der Waals surface area contributed by atoms with Gasteiger partial charge >= 0.3 is 5.97 Å². The predicted molar refractivity (Wildman–Crippen MR) is 124 cm³/mol. The number of unbranched alkanes of at least 4 members (excludes halogenated alkanes) is 2. The third kappa shape index (κ3) is 9.32. The highest BCUT2D eigenvalue weighted by atomic mass is 32.2. The van der Waals surface area contributed by atoms with Gasteiger partial charge in [-0.25, -0.2) is 13.1 Å². The van der Waals surface area contributed by atoms with Crippen LogP contribution in [0.5, 0.6) is 0 Å². The molecule has 2 aromatic carbocycles. The summed E-state index contributed by atoms with van der Waals surface area (Å²) in [6, 6.07) is 15.6. The summed E-state index contributed by atoms with van der Waals surface area (Å²) < 4.78 is 27.5. The largest absolute Gasteiger partial charge is 0.481 e. The number of amides is 1. The van der Waals surface area contributed by atoms with E-state index in [9.17, 15) is 18.0 Å². The van der Waals surface area contributed by atoms with Crippen LogP contribution in [0.25, 0.3) is 21.6 Å². The number of carboxylic acids is 1. The van der Waals surface area contributed by atoms with Gasteiger partial charge in [0.05, 0.1) is 11.3 Å². The summed E-state index contributed by atoms with van der Waals surface area (Å²) in [5.41, 5.74) is 10.3. The fourth-order valence-electron chi connectivity index (χ4n) is 3.14. The maximum absolute atomic E-state index is 12.5. The molecule has 10 nitrogen and oxygen atoms in total. The van der Waals surface area contributed by atoms with E-state index in [1.165, 1.54) is 0 Å². The van der Waals surface area contributed by atoms with Gasteiger partial charge in [-0.3, -0.25) is 9.59 Å². The van der Waals surface area contributed by atoms with Crippen LogP contribution in [0.4, 0.5) is 0 Å². The molecule has 0 aliphatic carbocycles. The number of carbonyl (C=O) groups excluding carboxylic acids is 1. The Labute approximate surface area is 192 Å². The van der Waals surface area contributed by atoms with Gasteiger partial charge in [-0.05, 0) is 41.6 Å². The maximum atomic E-state index is 12.5. The normalized spacial score (nSPS) is 11.9. The van der Waals surface area contributed by atoms with Crippen LogP contribution in [-0.2, 0) is 19.6 Å². The zero-order valence-corrected chi connectivity index (χ0v) is 18.9. The lowest BCUT2D eigenvalue weighted by Gasteiger charge is -2.14. The molecule has 0 saturated carbocycles. The fourth-order valence-corrected chi connectivity index (χ4v) is 4.22. The van der Waals surface area contributed by atoms with Crippen LogP contribution in [0.1, 0.15) is 32.1 Å². The van der Waals surface area contributed by atoms with E-state index in [0.29, 0.717) is 19.3 Å². The van der Waals surface area contributed by atoms with E-state index in [0.717, 1.165) is 11.1 Å². The van der Waals surface area contributed by atoms with Crippen molar-refractivity contribution >= 4 is 21.9 Å².